The van der Waals surface area contributed by atoms with E-state index in [1.807, 2.05) is 0 Å². The van der Waals surface area contributed by atoms with Gasteiger partial charge in [0, 0.05) is 56.7 Å². The van der Waals surface area contributed by atoms with Gasteiger partial charge in [-0.1, -0.05) is 29.8 Å². The third kappa shape index (κ3) is 6.26. The summed E-state index contributed by atoms with van der Waals surface area (Å²) in [7, 11) is 8.11. The summed E-state index contributed by atoms with van der Waals surface area (Å²) in [6, 6.07) is 13.1. The van der Waals surface area contributed by atoms with E-state index < -0.39 is 23.3 Å². The number of pyridine rings is 1. The van der Waals surface area contributed by atoms with Crippen LogP contribution in [0, 0.1) is 35.4 Å². The maximum atomic E-state index is 14.0. The van der Waals surface area contributed by atoms with Gasteiger partial charge in [-0.3, -0.25) is 27.5 Å². The fourth-order valence-electron chi connectivity index (χ4n) is 3.19. The van der Waals surface area contributed by atoms with E-state index in [0.717, 1.165) is 18.2 Å². The summed E-state index contributed by atoms with van der Waals surface area (Å²) in [5.74, 6) is -1.91. The zero-order valence-electron chi connectivity index (χ0n) is 18.8. The predicted octanol–water partition coefficient (Wildman–Crippen LogP) is 6.08. The van der Waals surface area contributed by atoms with Gasteiger partial charge >= 0.3 is 27.5 Å². The van der Waals surface area contributed by atoms with E-state index in [0.29, 0.717) is 17.3 Å². The summed E-state index contributed by atoms with van der Waals surface area (Å²) in [5.41, 5.74) is 0.880. The number of hydrogen-bond acceptors (Lipinski definition) is 3. The van der Waals surface area contributed by atoms with E-state index in [2.05, 4.69) is 36.7 Å². The van der Waals surface area contributed by atoms with Crippen molar-refractivity contribution >= 4 is 9.58 Å². The van der Waals surface area contributed by atoms with Gasteiger partial charge in [0.15, 0.2) is 0 Å². The molecule has 0 aliphatic rings. The third-order valence-electron chi connectivity index (χ3n) is 4.85. The van der Waals surface area contributed by atoms with Gasteiger partial charge in [0.05, 0.1) is 23.3 Å². The van der Waals surface area contributed by atoms with Gasteiger partial charge in [-0.25, -0.2) is 0 Å². The summed E-state index contributed by atoms with van der Waals surface area (Å²) in [6.07, 6.45) is 8.02. The number of benzene rings is 2. The predicted molar refractivity (Wildman–Crippen MR) is 124 cm³/mol. The van der Waals surface area contributed by atoms with Crippen molar-refractivity contribution in [2.45, 2.75) is 0 Å². The van der Waals surface area contributed by atoms with Crippen LogP contribution in [0.25, 0.3) is 34.0 Å². The summed E-state index contributed by atoms with van der Waals surface area (Å²) < 4.78 is 57.0. The second-order valence-corrected chi connectivity index (χ2v) is 7.19. The first-order chi connectivity index (χ1) is 17.3. The molecule has 5 aromatic rings. The van der Waals surface area contributed by atoms with Gasteiger partial charge in [0.1, 0.15) is 0 Å². The van der Waals surface area contributed by atoms with Gasteiger partial charge in [0.2, 0.25) is 0 Å². The standard InChI is InChI=1S/C14H11F2N4.C11H6F2N.ClH.Ir/c1-19-5-3-17-13(19)9-7-10(12(16)8-11(9)15)14-18-4-6-20(14)2;12-8-4-5-9(10(13)7-8)11-3-1-2-6-14-11;;/h3-6,8H,1-2H3;1-4,6-7H;1H;/q2*-1;;+3/p-1. The number of nitrogens with zero attached hydrogens (tertiary/aromatic N) is 5. The molecule has 0 radical (unpaired) electrons. The molecule has 36 heavy (non-hydrogen) atoms. The van der Waals surface area contributed by atoms with Crippen molar-refractivity contribution in [2.75, 3.05) is 0 Å². The van der Waals surface area contributed by atoms with Crippen molar-refractivity contribution in [2.24, 2.45) is 14.1 Å². The number of imidazole rings is 2. The SMILES string of the molecule is Cn1ccnc1-c1[c-]c(-c2nccn2C)c(F)cc1F.Fc1c[c-]c(-c2ccccn2)c(F)c1.[Cl][Ir+2]. The fraction of sp³-hybridized carbons (Fsp3) is 0.0800. The number of rotatable bonds is 3. The van der Waals surface area contributed by atoms with Crippen molar-refractivity contribution in [3.05, 3.63) is 103 Å². The van der Waals surface area contributed by atoms with Crippen LogP contribution in [0.4, 0.5) is 17.6 Å². The summed E-state index contributed by atoms with van der Waals surface area (Å²) in [5, 5.41) is 0. The van der Waals surface area contributed by atoms with Crippen LogP contribution >= 0.6 is 9.58 Å². The Morgan fingerprint density at radius 2 is 1.31 bits per heavy atom. The van der Waals surface area contributed by atoms with Crippen LogP contribution in [0.3, 0.4) is 0 Å². The molecule has 2 aromatic carbocycles. The van der Waals surface area contributed by atoms with Crippen LogP contribution in [0.5, 0.6) is 0 Å². The van der Waals surface area contributed by atoms with Crippen LogP contribution in [-0.4, -0.2) is 24.1 Å². The van der Waals surface area contributed by atoms with Crippen molar-refractivity contribution in [3.8, 4) is 34.0 Å². The quantitative estimate of drug-likeness (QED) is 0.170. The van der Waals surface area contributed by atoms with Crippen molar-refractivity contribution in [1.82, 2.24) is 24.1 Å². The average molecular weight is 691 g/mol. The molecule has 5 nitrogen and oxygen atoms in total. The molecular formula is C25H17ClF4IrN5. The zero-order valence-corrected chi connectivity index (χ0v) is 22.0. The molecule has 11 heteroatoms. The molecular weight excluding hydrogens is 674 g/mol. The van der Waals surface area contributed by atoms with Gasteiger partial charge in [-0.05, 0) is 22.9 Å². The van der Waals surface area contributed by atoms with E-state index in [9.17, 15) is 17.6 Å². The monoisotopic (exact) mass is 691 g/mol. The topological polar surface area (TPSA) is 48.5 Å². The Hall–Kier alpha value is -3.33. The Bertz CT molecular complexity index is 1380. The third-order valence-corrected chi connectivity index (χ3v) is 4.85. The molecule has 0 amide bonds. The fourth-order valence-corrected chi connectivity index (χ4v) is 3.19. The molecule has 0 saturated carbocycles. The molecule has 186 valence electrons. The molecule has 0 fully saturated rings. The first-order valence-corrected chi connectivity index (χ1v) is 13.1. The number of halogens is 5. The van der Waals surface area contributed by atoms with Gasteiger partial charge < -0.3 is 14.1 Å². The first-order valence-electron chi connectivity index (χ1n) is 10.1. The van der Waals surface area contributed by atoms with Gasteiger partial charge in [-0.2, -0.15) is 0 Å². The van der Waals surface area contributed by atoms with Gasteiger partial charge in [-0.15, -0.1) is 18.2 Å². The van der Waals surface area contributed by atoms with Gasteiger partial charge in [0.25, 0.3) is 0 Å². The molecule has 0 bridgehead atoms. The normalized spacial score (nSPS) is 10.2. The van der Waals surface area contributed by atoms with E-state index in [1.165, 1.54) is 17.9 Å². The number of hydrogen-bond donors (Lipinski definition) is 0. The van der Waals surface area contributed by atoms with Crippen LogP contribution in [0.2, 0.25) is 0 Å². The molecule has 0 saturated heterocycles. The molecule has 0 N–H and O–H groups in total. The minimum absolute atomic E-state index is 0.122. The number of aryl methyl sites for hydroxylation is 2. The Morgan fingerprint density at radius 1 is 0.750 bits per heavy atom. The number of aromatic nitrogens is 5. The van der Waals surface area contributed by atoms with E-state index in [-0.39, 0.29) is 16.7 Å². The molecule has 0 aliphatic carbocycles. The van der Waals surface area contributed by atoms with E-state index in [1.54, 1.807) is 72.4 Å². The minimum atomic E-state index is -0.699. The Balaban J connectivity index is 0.000000198. The van der Waals surface area contributed by atoms with Crippen LogP contribution in [0.15, 0.2) is 67.4 Å². The van der Waals surface area contributed by atoms with Crippen molar-refractivity contribution in [1.29, 1.82) is 0 Å². The Morgan fingerprint density at radius 3 is 1.75 bits per heavy atom. The summed E-state index contributed by atoms with van der Waals surface area (Å²) in [4.78, 5) is 12.1. The van der Waals surface area contributed by atoms with Crippen LogP contribution < -0.4 is 0 Å². The van der Waals surface area contributed by atoms with Crippen LogP contribution in [0.1, 0.15) is 0 Å². The molecule has 3 heterocycles. The van der Waals surface area contributed by atoms with E-state index >= 15 is 0 Å². The second kappa shape index (κ2) is 12.6. The molecule has 0 spiro atoms. The maximum absolute atomic E-state index is 14.0. The van der Waals surface area contributed by atoms with E-state index in [4.69, 9.17) is 0 Å². The average Bonchev–Trinajstić information content (AvgIpc) is 3.49. The molecule has 0 atom stereocenters. The summed E-state index contributed by atoms with van der Waals surface area (Å²) in [6.45, 7) is 0. The van der Waals surface area contributed by atoms with Crippen molar-refractivity contribution in [3.63, 3.8) is 0 Å². The Kier molecular flexibility index (Phi) is 9.52. The zero-order chi connectivity index (χ0) is 26.2. The molecule has 0 unspecified atom stereocenters. The molecule has 0 aliphatic heterocycles. The summed E-state index contributed by atoms with van der Waals surface area (Å²) >= 11 is 1.47. The first kappa shape index (κ1) is 27.3. The molecule has 3 aromatic heterocycles. The van der Waals surface area contributed by atoms with Crippen LogP contribution in [-0.2, 0) is 32.0 Å². The van der Waals surface area contributed by atoms with Crippen molar-refractivity contribution < 1.29 is 35.5 Å². The second-order valence-electron chi connectivity index (χ2n) is 7.19. The Labute approximate surface area is 219 Å². The molecule has 5 rings (SSSR count).